The van der Waals surface area contributed by atoms with Gasteiger partial charge in [-0.25, -0.2) is 0 Å². The number of thiophene rings is 3. The minimum absolute atomic E-state index is 0.151. The Morgan fingerprint density at radius 3 is 0.886 bits per heavy atom. The summed E-state index contributed by atoms with van der Waals surface area (Å²) in [6.07, 6.45) is 52.6. The van der Waals surface area contributed by atoms with Crippen LogP contribution in [0.4, 0.5) is 11.4 Å². The third-order valence-electron chi connectivity index (χ3n) is 17.7. The predicted molar refractivity (Wildman–Crippen MR) is 351 cm³/mol. The summed E-state index contributed by atoms with van der Waals surface area (Å²) < 4.78 is 0. The fraction of sp³-hybridized carbons (Fsp3) is 0.694. The summed E-state index contributed by atoms with van der Waals surface area (Å²) in [7, 11) is 0. The second kappa shape index (κ2) is 38.0. The van der Waals surface area contributed by atoms with Crippen LogP contribution in [0.5, 0.6) is 0 Å². The first-order chi connectivity index (χ1) is 38.8. The van der Waals surface area contributed by atoms with Gasteiger partial charge < -0.3 is 9.80 Å². The molecule has 1 aromatic carbocycles. The predicted octanol–water partition coefficient (Wildman–Crippen LogP) is 22.2. The molecule has 440 valence electrons. The van der Waals surface area contributed by atoms with Gasteiger partial charge in [0.2, 0.25) is 0 Å². The normalized spacial score (nSPS) is 14.2. The summed E-state index contributed by atoms with van der Waals surface area (Å²) in [6.45, 7) is 15.1. The highest BCUT2D eigenvalue weighted by molar-refractivity contribution is 7.22. The molecule has 3 aromatic heterocycles. The van der Waals surface area contributed by atoms with Gasteiger partial charge in [0, 0.05) is 52.8 Å². The number of nitrogens with zero attached hydrogens (tertiary/aromatic N) is 2. The lowest BCUT2D eigenvalue weighted by Crippen LogP contribution is -2.35. The molecule has 7 heteroatoms. The van der Waals surface area contributed by atoms with Crippen molar-refractivity contribution < 1.29 is 9.59 Å². The summed E-state index contributed by atoms with van der Waals surface area (Å²) in [6, 6.07) is 17.9. The molecule has 5 heterocycles. The Morgan fingerprint density at radius 2 is 0.582 bits per heavy atom. The number of anilines is 2. The molecule has 2 aliphatic rings. The molecule has 0 fully saturated rings. The van der Waals surface area contributed by atoms with Gasteiger partial charge in [-0.05, 0) is 99.9 Å². The van der Waals surface area contributed by atoms with Gasteiger partial charge in [0.1, 0.15) is 0 Å². The van der Waals surface area contributed by atoms with Crippen molar-refractivity contribution in [3.63, 3.8) is 0 Å². The molecule has 0 bridgehead atoms. The Morgan fingerprint density at radius 1 is 0.329 bits per heavy atom. The van der Waals surface area contributed by atoms with Crippen LogP contribution in [0.25, 0.3) is 20.9 Å². The van der Waals surface area contributed by atoms with Gasteiger partial charge in [-0.2, -0.15) is 0 Å². The molecule has 79 heavy (non-hydrogen) atoms. The highest BCUT2D eigenvalue weighted by Crippen LogP contribution is 2.40. The van der Waals surface area contributed by atoms with Crippen LogP contribution in [0.2, 0.25) is 0 Å². The average Bonchev–Trinajstić information content (AvgIpc) is 4.49. The first-order valence-electron chi connectivity index (χ1n) is 33.6. The van der Waals surface area contributed by atoms with Gasteiger partial charge in [-0.3, -0.25) is 9.59 Å². The fourth-order valence-corrected chi connectivity index (χ4v) is 15.8. The molecule has 0 aliphatic carbocycles. The van der Waals surface area contributed by atoms with Gasteiger partial charge in [0.05, 0.1) is 22.5 Å². The minimum atomic E-state index is 0.151. The minimum Gasteiger partial charge on any atom is -0.307 e. The van der Waals surface area contributed by atoms with Gasteiger partial charge in [0.15, 0.2) is 0 Å². The maximum atomic E-state index is 15.6. The Bertz CT molecular complexity index is 2460. The summed E-state index contributed by atoms with van der Waals surface area (Å²) >= 11 is 5.34. The van der Waals surface area contributed by atoms with Crippen molar-refractivity contribution in [1.82, 2.24) is 0 Å². The quantitative estimate of drug-likeness (QED) is 0.0414. The standard InChI is InChI=1S/C72H112N2O2S3/c1-7-11-15-19-23-27-29-33-37-41-45-59(43-39-35-31-25-21-17-13-9-3)55-73-63-54-62-64(53-61(63)69(71(73)75)67-50-48-58(6)78-67)74(72(76)70(62)68-52-51-66(79-68)65-49-47-57(5)77-65)56-60(44-40-36-32-26-22-18-14-10-4)46-42-38-34-30-28-24-20-16-12-8-2/h47-54,59-60H,7-46,55-56H2,1-6H3. The summed E-state index contributed by atoms with van der Waals surface area (Å²) in [5.74, 6) is 1.19. The molecule has 4 nitrogen and oxygen atoms in total. The number of hydrogen-bond donors (Lipinski definition) is 0. The molecule has 2 aliphatic heterocycles. The van der Waals surface area contributed by atoms with Gasteiger partial charge in [-0.15, -0.1) is 34.0 Å². The van der Waals surface area contributed by atoms with Crippen LogP contribution >= 0.6 is 34.0 Å². The van der Waals surface area contributed by atoms with Gasteiger partial charge in [0.25, 0.3) is 11.8 Å². The molecule has 6 rings (SSSR count). The van der Waals surface area contributed by atoms with E-state index in [1.54, 1.807) is 22.7 Å². The van der Waals surface area contributed by atoms with Gasteiger partial charge in [-0.1, -0.05) is 259 Å². The topological polar surface area (TPSA) is 40.6 Å². The fourth-order valence-electron chi connectivity index (χ4n) is 12.9. The molecule has 0 spiro atoms. The first-order valence-corrected chi connectivity index (χ1v) is 36.0. The number of unbranched alkanes of at least 4 members (excludes halogenated alkanes) is 32. The number of benzene rings is 1. The van der Waals surface area contributed by atoms with Crippen molar-refractivity contribution in [2.45, 2.75) is 298 Å². The third-order valence-corrected chi connectivity index (χ3v) is 21.0. The Balaban J connectivity index is 1.30. The maximum absolute atomic E-state index is 15.6. The largest absolute Gasteiger partial charge is 0.307 e. The molecule has 2 atom stereocenters. The van der Waals surface area contributed by atoms with Crippen molar-refractivity contribution in [1.29, 1.82) is 0 Å². The zero-order valence-corrected chi connectivity index (χ0v) is 53.9. The van der Waals surface area contributed by atoms with E-state index in [0.717, 1.165) is 55.8 Å². The molecule has 0 saturated heterocycles. The molecular formula is C72H112N2O2S3. The van der Waals surface area contributed by atoms with E-state index in [4.69, 9.17) is 0 Å². The lowest BCUT2D eigenvalue weighted by Gasteiger charge is -2.27. The molecule has 2 unspecified atom stereocenters. The van der Waals surface area contributed by atoms with E-state index in [1.165, 1.54) is 276 Å². The van der Waals surface area contributed by atoms with Crippen LogP contribution in [-0.2, 0) is 9.59 Å². The molecular weight excluding hydrogens is 1020 g/mol. The van der Waals surface area contributed by atoms with Crippen molar-refractivity contribution in [2.24, 2.45) is 11.8 Å². The van der Waals surface area contributed by atoms with Crippen LogP contribution in [0.1, 0.15) is 304 Å². The number of carbonyl (C=O) groups is 2. The van der Waals surface area contributed by atoms with Crippen molar-refractivity contribution >= 4 is 68.3 Å². The van der Waals surface area contributed by atoms with E-state index >= 15 is 9.59 Å². The Labute approximate surface area is 496 Å². The van der Waals surface area contributed by atoms with Crippen molar-refractivity contribution in [3.05, 3.63) is 78.5 Å². The molecule has 0 saturated carbocycles. The van der Waals surface area contributed by atoms with E-state index in [9.17, 15) is 0 Å². The molecule has 0 N–H and O–H groups in total. The lowest BCUT2D eigenvalue weighted by atomic mass is 9.93. The van der Waals surface area contributed by atoms with Crippen LogP contribution in [-0.4, -0.2) is 24.9 Å². The van der Waals surface area contributed by atoms with Crippen LogP contribution in [0, 0.1) is 25.7 Å². The first kappa shape index (κ1) is 65.2. The molecule has 4 aromatic rings. The molecule has 0 radical (unpaired) electrons. The second-order valence-electron chi connectivity index (χ2n) is 24.7. The number of amides is 2. The second-order valence-corrected chi connectivity index (χ2v) is 28.3. The van der Waals surface area contributed by atoms with Crippen LogP contribution in [0.15, 0.2) is 48.5 Å². The Hall–Kier alpha value is -3.00. The van der Waals surface area contributed by atoms with Crippen molar-refractivity contribution in [3.8, 4) is 9.75 Å². The zero-order chi connectivity index (χ0) is 55.9. The van der Waals surface area contributed by atoms with Crippen LogP contribution in [0.3, 0.4) is 0 Å². The highest BCUT2D eigenvalue weighted by atomic mass is 32.1. The van der Waals surface area contributed by atoms with Gasteiger partial charge >= 0.3 is 0 Å². The third kappa shape index (κ3) is 21.6. The average molecular weight is 1130 g/mol. The zero-order valence-electron chi connectivity index (χ0n) is 51.4. The molecule has 2 amide bonds. The summed E-state index contributed by atoms with van der Waals surface area (Å²) in [5.41, 5.74) is 3.72. The van der Waals surface area contributed by atoms with E-state index in [-0.39, 0.29) is 11.8 Å². The summed E-state index contributed by atoms with van der Waals surface area (Å²) in [5, 5.41) is 2.06. The number of hydrogen-bond acceptors (Lipinski definition) is 5. The van der Waals surface area contributed by atoms with E-state index in [1.807, 2.05) is 11.3 Å². The van der Waals surface area contributed by atoms with Crippen molar-refractivity contribution in [2.75, 3.05) is 22.9 Å². The summed E-state index contributed by atoms with van der Waals surface area (Å²) in [4.78, 5) is 42.6. The van der Waals surface area contributed by atoms with Crippen LogP contribution < -0.4 is 20.2 Å². The number of fused-ring (bicyclic) bond motifs is 2. The Kier molecular flexibility index (Phi) is 31.3. The lowest BCUT2D eigenvalue weighted by molar-refractivity contribution is -0.114. The highest BCUT2D eigenvalue weighted by Gasteiger charge is 2.38. The van der Waals surface area contributed by atoms with E-state index in [2.05, 4.69) is 99.9 Å². The van der Waals surface area contributed by atoms with E-state index < -0.39 is 0 Å². The monoisotopic (exact) mass is 1130 g/mol. The van der Waals surface area contributed by atoms with E-state index in [0.29, 0.717) is 11.8 Å². The maximum Gasteiger partial charge on any atom is 0.260 e. The number of aryl methyl sites for hydroxylation is 2. The number of carbonyl (C=O) groups excluding carboxylic acids is 2. The smallest absolute Gasteiger partial charge is 0.260 e. The SMILES string of the molecule is CCCCCCCCCCCCC(CCCCCCCCCC)CN1C(=O)C(c2ccc(C)s2)=c2cc3c(cc21)=C(c1ccc(-c2ccc(C)s2)s1)C(=O)N3CC(CCCCCCCCCC)CCCCCCCCCCCC. The number of rotatable bonds is 47.